The molecule has 4 atom stereocenters. The molecule has 8 heteroatoms. The Bertz CT molecular complexity index is 1020. The number of esters is 1. The van der Waals surface area contributed by atoms with Crippen LogP contribution in [0.4, 0.5) is 0 Å². The van der Waals surface area contributed by atoms with E-state index < -0.39 is 24.0 Å². The first-order valence-corrected chi connectivity index (χ1v) is 11.9. The molecule has 0 amide bonds. The highest BCUT2D eigenvalue weighted by molar-refractivity contribution is 5.86. The predicted octanol–water partition coefficient (Wildman–Crippen LogP) is 3.19. The number of carboxylic acid groups (broad SMARTS) is 1. The first-order chi connectivity index (χ1) is 16.1. The maximum atomic E-state index is 12.4. The monoisotopic (exact) mass is 471 g/mol. The molecule has 0 fully saturated rings. The number of aromatic hydroxyl groups is 1. The largest absolute Gasteiger partial charge is 0.504 e. The van der Waals surface area contributed by atoms with Crippen LogP contribution in [-0.4, -0.2) is 58.6 Å². The van der Waals surface area contributed by atoms with Crippen molar-refractivity contribution in [3.05, 3.63) is 35.4 Å². The summed E-state index contributed by atoms with van der Waals surface area (Å²) in [5.41, 5.74) is 1.80. The molecule has 2 N–H and O–H groups in total. The van der Waals surface area contributed by atoms with Crippen molar-refractivity contribution >= 4 is 17.7 Å². The van der Waals surface area contributed by atoms with E-state index in [4.69, 9.17) is 9.47 Å². The summed E-state index contributed by atoms with van der Waals surface area (Å²) < 4.78 is 11.8. The van der Waals surface area contributed by atoms with Gasteiger partial charge in [0.15, 0.2) is 11.5 Å². The minimum Gasteiger partial charge on any atom is -0.504 e. The van der Waals surface area contributed by atoms with Crippen LogP contribution in [-0.2, 0) is 31.1 Å². The van der Waals surface area contributed by atoms with Crippen molar-refractivity contribution in [3.63, 3.8) is 0 Å². The number of phenolic OH excluding ortho intramolecular Hbond substituents is 1. The molecule has 0 bridgehead atoms. The Morgan fingerprint density at radius 1 is 1.26 bits per heavy atom. The van der Waals surface area contributed by atoms with Gasteiger partial charge in [0.05, 0.1) is 17.8 Å². The summed E-state index contributed by atoms with van der Waals surface area (Å²) in [5.74, 6) is -2.00. The van der Waals surface area contributed by atoms with Gasteiger partial charge in [0, 0.05) is 31.4 Å². The average Bonchev–Trinajstić information content (AvgIpc) is 3.04. The van der Waals surface area contributed by atoms with Crippen molar-refractivity contribution < 1.29 is 34.1 Å². The fraction of sp³-hybridized carbons (Fsp3) is 0.577. The standard InChI is InChI=1S/C26H33NO7/c1-15(2)19(25(31)32)12-17(28)5-7-22(30)33-18-8-9-26-10-11-27(3)14-16-4-6-20(29)24(23(16)26)34-21(26)13-18/h4,6,8-9,15,18-19,21,29H,5,7,10-14H2,1-3H3,(H,31,32)/t18-,19-,21-,26-/m0/s1. The fourth-order valence-electron chi connectivity index (χ4n) is 5.43. The summed E-state index contributed by atoms with van der Waals surface area (Å²) in [7, 11) is 2.07. The number of hydrogen-bond acceptors (Lipinski definition) is 7. The highest BCUT2D eigenvalue weighted by Gasteiger charge is 2.53. The molecule has 0 saturated heterocycles. The number of nitrogens with zero attached hydrogens (tertiary/aromatic N) is 1. The van der Waals surface area contributed by atoms with Gasteiger partial charge in [-0.1, -0.05) is 26.0 Å². The molecule has 1 spiro atoms. The Kier molecular flexibility index (Phi) is 6.71. The number of phenols is 1. The second kappa shape index (κ2) is 9.41. The van der Waals surface area contributed by atoms with Crippen LogP contribution >= 0.6 is 0 Å². The predicted molar refractivity (Wildman–Crippen MR) is 124 cm³/mol. The van der Waals surface area contributed by atoms with Crippen LogP contribution < -0.4 is 4.74 Å². The molecule has 184 valence electrons. The smallest absolute Gasteiger partial charge is 0.307 e. The molecule has 1 aromatic rings. The number of carbonyl (C=O) groups excluding carboxylic acids is 2. The lowest BCUT2D eigenvalue weighted by molar-refractivity contribution is -0.149. The van der Waals surface area contributed by atoms with E-state index in [9.17, 15) is 24.6 Å². The number of aliphatic carboxylic acids is 1. The molecule has 1 aromatic carbocycles. The normalized spacial score (nSPS) is 26.2. The van der Waals surface area contributed by atoms with Gasteiger partial charge in [0.1, 0.15) is 18.0 Å². The number of ether oxygens (including phenoxy) is 2. The number of hydrogen-bond donors (Lipinski definition) is 2. The van der Waals surface area contributed by atoms with E-state index in [1.807, 2.05) is 12.1 Å². The van der Waals surface area contributed by atoms with E-state index in [1.165, 1.54) is 0 Å². The number of benzene rings is 1. The van der Waals surface area contributed by atoms with Crippen molar-refractivity contribution in [2.45, 2.75) is 70.1 Å². The average molecular weight is 472 g/mol. The Balaban J connectivity index is 1.40. The van der Waals surface area contributed by atoms with Crippen LogP contribution in [0, 0.1) is 11.8 Å². The van der Waals surface area contributed by atoms with Crippen molar-refractivity contribution in [3.8, 4) is 11.5 Å². The number of rotatable bonds is 8. The molecule has 4 rings (SSSR count). The number of Topliss-reactive ketones (excluding diaryl/α,β-unsaturated/α-hetero) is 1. The zero-order valence-corrected chi connectivity index (χ0v) is 20.0. The van der Waals surface area contributed by atoms with Gasteiger partial charge in [-0.3, -0.25) is 14.4 Å². The lowest BCUT2D eigenvalue weighted by atomic mass is 9.69. The first kappa shape index (κ1) is 24.3. The fourth-order valence-corrected chi connectivity index (χ4v) is 5.43. The molecule has 2 heterocycles. The van der Waals surface area contributed by atoms with E-state index in [1.54, 1.807) is 19.9 Å². The quantitative estimate of drug-likeness (QED) is 0.439. The summed E-state index contributed by atoms with van der Waals surface area (Å²) in [6, 6.07) is 3.62. The van der Waals surface area contributed by atoms with Crippen molar-refractivity contribution in [2.75, 3.05) is 13.6 Å². The number of carbonyl (C=O) groups is 3. The third kappa shape index (κ3) is 4.56. The van der Waals surface area contributed by atoms with Gasteiger partial charge in [0.25, 0.3) is 0 Å². The Hall–Kier alpha value is -2.87. The van der Waals surface area contributed by atoms with Crippen LogP contribution in [0.2, 0.25) is 0 Å². The highest BCUT2D eigenvalue weighted by Crippen LogP contribution is 2.55. The molecule has 1 aliphatic carbocycles. The molecule has 34 heavy (non-hydrogen) atoms. The summed E-state index contributed by atoms with van der Waals surface area (Å²) in [5, 5.41) is 19.7. The molecule has 2 aliphatic heterocycles. The van der Waals surface area contributed by atoms with Crippen LogP contribution in [0.1, 0.15) is 57.1 Å². The lowest BCUT2D eigenvalue weighted by Crippen LogP contribution is -2.43. The van der Waals surface area contributed by atoms with Gasteiger partial charge in [-0.05, 0) is 43.6 Å². The second-order valence-electron chi connectivity index (χ2n) is 10.1. The Morgan fingerprint density at radius 2 is 2.03 bits per heavy atom. The van der Waals surface area contributed by atoms with E-state index in [-0.39, 0.29) is 48.2 Å². The zero-order chi connectivity index (χ0) is 24.6. The molecular formula is C26H33NO7. The minimum atomic E-state index is -0.997. The van der Waals surface area contributed by atoms with Gasteiger partial charge >= 0.3 is 11.9 Å². The van der Waals surface area contributed by atoms with Crippen LogP contribution in [0.15, 0.2) is 24.3 Å². The zero-order valence-electron chi connectivity index (χ0n) is 20.0. The van der Waals surface area contributed by atoms with Gasteiger partial charge in [0.2, 0.25) is 0 Å². The molecule has 0 radical (unpaired) electrons. The van der Waals surface area contributed by atoms with E-state index in [0.717, 1.165) is 30.6 Å². The van der Waals surface area contributed by atoms with Gasteiger partial charge in [-0.15, -0.1) is 0 Å². The van der Waals surface area contributed by atoms with E-state index in [0.29, 0.717) is 12.2 Å². The SMILES string of the molecule is CC(C)[C@H](CC(=O)CCC(=O)O[C@H]1C=C[C@@]23CCN(C)Cc4ccc(O)c(c42)O[C@H]3C1)C(=O)O. The van der Waals surface area contributed by atoms with E-state index in [2.05, 4.69) is 18.0 Å². The van der Waals surface area contributed by atoms with Crippen molar-refractivity contribution in [2.24, 2.45) is 11.8 Å². The van der Waals surface area contributed by atoms with Gasteiger partial charge in [-0.2, -0.15) is 0 Å². The minimum absolute atomic E-state index is 0.0371. The molecule has 8 nitrogen and oxygen atoms in total. The third-order valence-electron chi connectivity index (χ3n) is 7.39. The number of carboxylic acids is 1. The third-order valence-corrected chi connectivity index (χ3v) is 7.39. The molecule has 3 aliphatic rings. The van der Waals surface area contributed by atoms with E-state index >= 15 is 0 Å². The Labute approximate surface area is 199 Å². The summed E-state index contributed by atoms with van der Waals surface area (Å²) >= 11 is 0. The highest BCUT2D eigenvalue weighted by atomic mass is 16.5. The van der Waals surface area contributed by atoms with Gasteiger partial charge < -0.3 is 24.6 Å². The van der Waals surface area contributed by atoms with Crippen LogP contribution in [0.25, 0.3) is 0 Å². The number of ketones is 1. The van der Waals surface area contributed by atoms with Crippen LogP contribution in [0.3, 0.4) is 0 Å². The molecule has 0 aromatic heterocycles. The van der Waals surface area contributed by atoms with Crippen LogP contribution in [0.5, 0.6) is 11.5 Å². The second-order valence-corrected chi connectivity index (χ2v) is 10.1. The summed E-state index contributed by atoms with van der Waals surface area (Å²) in [6.45, 7) is 5.18. The summed E-state index contributed by atoms with van der Waals surface area (Å²) in [4.78, 5) is 38.2. The summed E-state index contributed by atoms with van der Waals surface area (Å²) in [6.07, 6.45) is 4.32. The van der Waals surface area contributed by atoms with Crippen molar-refractivity contribution in [1.29, 1.82) is 0 Å². The topological polar surface area (TPSA) is 113 Å². The molecule has 0 saturated carbocycles. The molecule has 0 unspecified atom stereocenters. The van der Waals surface area contributed by atoms with Gasteiger partial charge in [-0.25, -0.2) is 0 Å². The maximum absolute atomic E-state index is 12.4. The van der Waals surface area contributed by atoms with Crippen molar-refractivity contribution in [1.82, 2.24) is 4.90 Å². The first-order valence-electron chi connectivity index (χ1n) is 11.9. The lowest BCUT2D eigenvalue weighted by Gasteiger charge is -2.36. The molecular weight excluding hydrogens is 438 g/mol. The maximum Gasteiger partial charge on any atom is 0.307 e. The Morgan fingerprint density at radius 3 is 2.74 bits per heavy atom.